The number of aromatic nitrogens is 2. The van der Waals surface area contributed by atoms with Gasteiger partial charge in [-0.15, -0.1) is 10.2 Å². The van der Waals surface area contributed by atoms with Crippen LogP contribution in [-0.2, 0) is 16.0 Å². The van der Waals surface area contributed by atoms with E-state index in [1.54, 1.807) is 0 Å². The molecule has 6 heteroatoms. The molecule has 0 radical (unpaired) electrons. The van der Waals surface area contributed by atoms with Gasteiger partial charge in [-0.1, -0.05) is 6.92 Å². The Morgan fingerprint density at radius 2 is 2.33 bits per heavy atom. The summed E-state index contributed by atoms with van der Waals surface area (Å²) in [6.45, 7) is 4.50. The highest BCUT2D eigenvalue weighted by atomic mass is 16.5. The molecule has 2 heterocycles. The van der Waals surface area contributed by atoms with Gasteiger partial charge in [-0.3, -0.25) is 4.79 Å². The summed E-state index contributed by atoms with van der Waals surface area (Å²) in [5, 5.41) is 16.7. The van der Waals surface area contributed by atoms with E-state index in [2.05, 4.69) is 10.2 Å². The van der Waals surface area contributed by atoms with Gasteiger partial charge >= 0.3 is 5.97 Å². The standard InChI is InChI=1S/C12H18N2O4/c1-7(4-11(15)16)3-10-13-14-12(18-10)9-5-8(2)17-6-9/h7-9H,3-6H2,1-2H3,(H,15,16). The monoisotopic (exact) mass is 254 g/mol. The Morgan fingerprint density at radius 1 is 1.56 bits per heavy atom. The van der Waals surface area contributed by atoms with Crippen LogP contribution >= 0.6 is 0 Å². The molecule has 0 bridgehead atoms. The molecule has 6 nitrogen and oxygen atoms in total. The third-order valence-corrected chi connectivity index (χ3v) is 3.08. The Kier molecular flexibility index (Phi) is 3.96. The predicted molar refractivity (Wildman–Crippen MR) is 62.2 cm³/mol. The maximum Gasteiger partial charge on any atom is 0.303 e. The number of aliphatic carboxylic acids is 1. The van der Waals surface area contributed by atoms with Crippen molar-refractivity contribution in [3.63, 3.8) is 0 Å². The van der Waals surface area contributed by atoms with E-state index in [0.29, 0.717) is 24.8 Å². The van der Waals surface area contributed by atoms with Gasteiger partial charge in [0.2, 0.25) is 11.8 Å². The van der Waals surface area contributed by atoms with Crippen LogP contribution in [0, 0.1) is 5.92 Å². The van der Waals surface area contributed by atoms with Gasteiger partial charge in [0.05, 0.1) is 18.6 Å². The van der Waals surface area contributed by atoms with Crippen molar-refractivity contribution >= 4 is 5.97 Å². The van der Waals surface area contributed by atoms with Crippen molar-refractivity contribution in [1.29, 1.82) is 0 Å². The fourth-order valence-electron chi connectivity index (χ4n) is 2.17. The zero-order valence-corrected chi connectivity index (χ0v) is 10.6. The Balaban J connectivity index is 1.91. The second kappa shape index (κ2) is 5.48. The lowest BCUT2D eigenvalue weighted by molar-refractivity contribution is -0.137. The summed E-state index contributed by atoms with van der Waals surface area (Å²) in [7, 11) is 0. The molecular formula is C12H18N2O4. The fourth-order valence-corrected chi connectivity index (χ4v) is 2.17. The molecule has 0 aromatic carbocycles. The highest BCUT2D eigenvalue weighted by Crippen LogP contribution is 2.28. The molecule has 1 saturated heterocycles. The number of carboxylic acid groups (broad SMARTS) is 1. The summed E-state index contributed by atoms with van der Waals surface area (Å²) in [5.41, 5.74) is 0. The summed E-state index contributed by atoms with van der Waals surface area (Å²) in [4.78, 5) is 10.6. The molecule has 1 aliphatic rings. The van der Waals surface area contributed by atoms with E-state index in [1.165, 1.54) is 0 Å². The second-order valence-corrected chi connectivity index (χ2v) is 5.02. The number of hydrogen-bond donors (Lipinski definition) is 1. The van der Waals surface area contributed by atoms with Crippen molar-refractivity contribution in [2.45, 2.75) is 45.1 Å². The molecular weight excluding hydrogens is 236 g/mol. The molecule has 1 aliphatic heterocycles. The minimum Gasteiger partial charge on any atom is -0.481 e. The number of rotatable bonds is 5. The van der Waals surface area contributed by atoms with Crippen LogP contribution in [0.15, 0.2) is 4.42 Å². The smallest absolute Gasteiger partial charge is 0.303 e. The SMILES string of the molecule is CC(CC(=O)O)Cc1nnc(C2COC(C)C2)o1. The normalized spacial score (nSPS) is 25.2. The lowest BCUT2D eigenvalue weighted by Crippen LogP contribution is -2.07. The molecule has 0 amide bonds. The van der Waals surface area contributed by atoms with Crippen LogP contribution in [0.1, 0.15) is 44.4 Å². The van der Waals surface area contributed by atoms with Gasteiger partial charge in [0.1, 0.15) is 0 Å². The highest BCUT2D eigenvalue weighted by Gasteiger charge is 2.28. The van der Waals surface area contributed by atoms with Crippen LogP contribution in [0.25, 0.3) is 0 Å². The van der Waals surface area contributed by atoms with Crippen LogP contribution in [0.5, 0.6) is 0 Å². The Hall–Kier alpha value is -1.43. The van der Waals surface area contributed by atoms with E-state index in [-0.39, 0.29) is 24.4 Å². The summed E-state index contributed by atoms with van der Waals surface area (Å²) in [6.07, 6.45) is 1.74. The first-order chi connectivity index (χ1) is 8.54. The van der Waals surface area contributed by atoms with Gasteiger partial charge < -0.3 is 14.3 Å². The van der Waals surface area contributed by atoms with Crippen LogP contribution < -0.4 is 0 Å². The number of hydrogen-bond acceptors (Lipinski definition) is 5. The molecule has 1 fully saturated rings. The van der Waals surface area contributed by atoms with E-state index in [9.17, 15) is 4.79 Å². The topological polar surface area (TPSA) is 85.5 Å². The molecule has 0 spiro atoms. The first kappa shape index (κ1) is 13.0. The van der Waals surface area contributed by atoms with Crippen LogP contribution in [0.3, 0.4) is 0 Å². The lowest BCUT2D eigenvalue weighted by Gasteiger charge is -2.04. The van der Waals surface area contributed by atoms with Crippen molar-refractivity contribution in [3.8, 4) is 0 Å². The third kappa shape index (κ3) is 3.29. The zero-order valence-electron chi connectivity index (χ0n) is 10.6. The molecule has 1 aromatic heterocycles. The van der Waals surface area contributed by atoms with Crippen LogP contribution in [-0.4, -0.2) is 34.0 Å². The summed E-state index contributed by atoms with van der Waals surface area (Å²) in [6, 6.07) is 0. The highest BCUT2D eigenvalue weighted by molar-refractivity contribution is 5.66. The van der Waals surface area contributed by atoms with E-state index in [4.69, 9.17) is 14.3 Å². The van der Waals surface area contributed by atoms with Crippen molar-refractivity contribution in [1.82, 2.24) is 10.2 Å². The summed E-state index contributed by atoms with van der Waals surface area (Å²) >= 11 is 0. The average molecular weight is 254 g/mol. The molecule has 1 N–H and O–H groups in total. The van der Waals surface area contributed by atoms with Gasteiger partial charge in [-0.05, 0) is 19.3 Å². The zero-order chi connectivity index (χ0) is 13.1. The van der Waals surface area contributed by atoms with Crippen molar-refractivity contribution < 1.29 is 19.1 Å². The van der Waals surface area contributed by atoms with Crippen LogP contribution in [0.4, 0.5) is 0 Å². The van der Waals surface area contributed by atoms with Gasteiger partial charge in [0.25, 0.3) is 0 Å². The van der Waals surface area contributed by atoms with Crippen molar-refractivity contribution in [2.75, 3.05) is 6.61 Å². The Morgan fingerprint density at radius 3 is 2.94 bits per heavy atom. The number of carboxylic acids is 1. The molecule has 0 saturated carbocycles. The second-order valence-electron chi connectivity index (χ2n) is 5.02. The van der Waals surface area contributed by atoms with Gasteiger partial charge in [-0.25, -0.2) is 0 Å². The summed E-state index contributed by atoms with van der Waals surface area (Å²) in [5.74, 6) is 0.487. The summed E-state index contributed by atoms with van der Waals surface area (Å²) < 4.78 is 11.0. The average Bonchev–Trinajstić information content (AvgIpc) is 2.85. The Labute approximate surface area is 105 Å². The first-order valence-electron chi connectivity index (χ1n) is 6.20. The Bertz CT molecular complexity index is 418. The fraction of sp³-hybridized carbons (Fsp3) is 0.750. The molecule has 0 aliphatic carbocycles. The van der Waals surface area contributed by atoms with E-state index < -0.39 is 5.97 Å². The number of carbonyl (C=O) groups is 1. The maximum atomic E-state index is 10.6. The van der Waals surface area contributed by atoms with Crippen molar-refractivity contribution in [3.05, 3.63) is 11.8 Å². The molecule has 3 atom stereocenters. The lowest BCUT2D eigenvalue weighted by atomic mass is 10.0. The molecule has 2 rings (SSSR count). The number of ether oxygens (including phenoxy) is 1. The molecule has 18 heavy (non-hydrogen) atoms. The molecule has 100 valence electrons. The van der Waals surface area contributed by atoms with Gasteiger partial charge in [-0.2, -0.15) is 0 Å². The molecule has 1 aromatic rings. The number of nitrogens with zero attached hydrogens (tertiary/aromatic N) is 2. The van der Waals surface area contributed by atoms with Gasteiger partial charge in [0.15, 0.2) is 0 Å². The van der Waals surface area contributed by atoms with Gasteiger partial charge in [0, 0.05) is 12.8 Å². The minimum atomic E-state index is -0.805. The minimum absolute atomic E-state index is 0.00504. The maximum absolute atomic E-state index is 10.6. The predicted octanol–water partition coefficient (Wildman–Crippen LogP) is 1.62. The van der Waals surface area contributed by atoms with Crippen LogP contribution in [0.2, 0.25) is 0 Å². The molecule has 3 unspecified atom stereocenters. The largest absolute Gasteiger partial charge is 0.481 e. The quantitative estimate of drug-likeness (QED) is 0.859. The third-order valence-electron chi connectivity index (χ3n) is 3.08. The van der Waals surface area contributed by atoms with E-state index >= 15 is 0 Å². The van der Waals surface area contributed by atoms with Crippen molar-refractivity contribution in [2.24, 2.45) is 5.92 Å². The van der Waals surface area contributed by atoms with E-state index in [1.807, 2.05) is 13.8 Å². The van der Waals surface area contributed by atoms with E-state index in [0.717, 1.165) is 6.42 Å². The first-order valence-corrected chi connectivity index (χ1v) is 6.20.